The number of ether oxygens (including phenoxy) is 1. The van der Waals surface area contributed by atoms with Gasteiger partial charge in [0.25, 0.3) is 0 Å². The summed E-state index contributed by atoms with van der Waals surface area (Å²) in [5, 5.41) is 9.23. The molecular weight excluding hydrogens is 194 g/mol. The van der Waals surface area contributed by atoms with E-state index in [1.165, 1.54) is 0 Å². The lowest BCUT2D eigenvalue weighted by molar-refractivity contribution is 0.0146. The Morgan fingerprint density at radius 3 is 2.53 bits per heavy atom. The van der Waals surface area contributed by atoms with E-state index < -0.39 is 5.60 Å². The summed E-state index contributed by atoms with van der Waals surface area (Å²) in [7, 11) is 0. The van der Waals surface area contributed by atoms with E-state index in [0.29, 0.717) is 12.0 Å². The van der Waals surface area contributed by atoms with Crippen LogP contribution >= 0.6 is 0 Å². The number of aliphatic hydroxyl groups excluding tert-OH is 1. The lowest BCUT2D eigenvalue weighted by atomic mass is 9.83. The van der Waals surface area contributed by atoms with E-state index in [4.69, 9.17) is 4.74 Å². The molecule has 4 heteroatoms. The highest BCUT2D eigenvalue weighted by Crippen LogP contribution is 2.46. The lowest BCUT2D eigenvalue weighted by Crippen LogP contribution is -2.42. The van der Waals surface area contributed by atoms with Crippen molar-refractivity contribution in [1.82, 2.24) is 4.90 Å². The molecule has 3 fully saturated rings. The molecule has 2 saturated heterocycles. The minimum atomic E-state index is -0.454. The maximum atomic E-state index is 11.9. The molecule has 4 nitrogen and oxygen atoms in total. The topological polar surface area (TPSA) is 49.8 Å². The Morgan fingerprint density at radius 2 is 2.07 bits per heavy atom. The van der Waals surface area contributed by atoms with Crippen molar-refractivity contribution in [2.45, 2.75) is 51.3 Å². The summed E-state index contributed by atoms with van der Waals surface area (Å²) >= 11 is 0. The molecule has 0 unspecified atom stereocenters. The van der Waals surface area contributed by atoms with E-state index in [1.54, 1.807) is 4.90 Å². The quantitative estimate of drug-likeness (QED) is 0.715. The third-order valence-corrected chi connectivity index (χ3v) is 3.24. The van der Waals surface area contributed by atoms with Crippen LogP contribution in [-0.4, -0.2) is 40.4 Å². The second-order valence-corrected chi connectivity index (χ2v) is 5.52. The average molecular weight is 213 g/mol. The second-order valence-electron chi connectivity index (χ2n) is 5.52. The molecule has 1 aliphatic carbocycles. The van der Waals surface area contributed by atoms with E-state index in [2.05, 4.69) is 0 Å². The number of carbonyl (C=O) groups is 1. The van der Waals surface area contributed by atoms with Gasteiger partial charge in [0, 0.05) is 6.04 Å². The van der Waals surface area contributed by atoms with Gasteiger partial charge >= 0.3 is 6.09 Å². The highest BCUT2D eigenvalue weighted by molar-refractivity contribution is 5.70. The zero-order valence-electron chi connectivity index (χ0n) is 9.56. The van der Waals surface area contributed by atoms with Gasteiger partial charge in [-0.15, -0.1) is 0 Å². The number of amides is 1. The first-order valence-corrected chi connectivity index (χ1v) is 5.54. The largest absolute Gasteiger partial charge is 0.444 e. The molecule has 2 bridgehead atoms. The van der Waals surface area contributed by atoms with Crippen LogP contribution in [0.1, 0.15) is 33.6 Å². The number of hydrogen-bond donors (Lipinski definition) is 1. The number of rotatable bonds is 1. The van der Waals surface area contributed by atoms with Crippen molar-refractivity contribution in [2.75, 3.05) is 6.61 Å². The van der Waals surface area contributed by atoms with Gasteiger partial charge in [-0.05, 0) is 39.5 Å². The van der Waals surface area contributed by atoms with E-state index in [1.807, 2.05) is 20.8 Å². The molecule has 0 aromatic rings. The molecule has 3 aliphatic rings. The number of fused-ring (bicyclic) bond motifs is 1. The van der Waals surface area contributed by atoms with Crippen LogP contribution in [0.4, 0.5) is 4.79 Å². The summed E-state index contributed by atoms with van der Waals surface area (Å²) in [6, 6.07) is 0.298. The van der Waals surface area contributed by atoms with E-state index >= 15 is 0 Å². The summed E-state index contributed by atoms with van der Waals surface area (Å²) in [6.45, 7) is 5.64. The molecule has 0 aromatic heterocycles. The highest BCUT2D eigenvalue weighted by atomic mass is 16.6. The summed E-state index contributed by atoms with van der Waals surface area (Å²) in [5.41, 5.74) is -0.454. The van der Waals surface area contributed by atoms with Gasteiger partial charge in [-0.25, -0.2) is 4.79 Å². The molecule has 2 heterocycles. The molecule has 1 N–H and O–H groups in total. The van der Waals surface area contributed by atoms with E-state index in [0.717, 1.165) is 12.8 Å². The molecule has 86 valence electrons. The molecule has 3 rings (SSSR count). The van der Waals surface area contributed by atoms with Crippen molar-refractivity contribution in [1.29, 1.82) is 0 Å². The van der Waals surface area contributed by atoms with Gasteiger partial charge in [0.1, 0.15) is 5.60 Å². The molecule has 15 heavy (non-hydrogen) atoms. The van der Waals surface area contributed by atoms with E-state index in [-0.39, 0.29) is 18.7 Å². The summed E-state index contributed by atoms with van der Waals surface area (Å²) in [4.78, 5) is 13.6. The average Bonchev–Trinajstić information content (AvgIpc) is 2.50. The van der Waals surface area contributed by atoms with Gasteiger partial charge in [0.15, 0.2) is 0 Å². The minimum absolute atomic E-state index is 0.00940. The van der Waals surface area contributed by atoms with Gasteiger partial charge in [-0.2, -0.15) is 0 Å². The zero-order chi connectivity index (χ0) is 11.2. The third kappa shape index (κ3) is 1.83. The van der Waals surface area contributed by atoms with Crippen molar-refractivity contribution in [3.63, 3.8) is 0 Å². The molecule has 2 aliphatic heterocycles. The maximum Gasteiger partial charge on any atom is 0.410 e. The van der Waals surface area contributed by atoms with Crippen LogP contribution < -0.4 is 0 Å². The first kappa shape index (κ1) is 10.7. The van der Waals surface area contributed by atoms with Crippen LogP contribution in [0.3, 0.4) is 0 Å². The normalized spacial score (nSPS) is 33.9. The fourth-order valence-electron chi connectivity index (χ4n) is 2.51. The summed E-state index contributed by atoms with van der Waals surface area (Å²) < 4.78 is 5.33. The molecule has 1 amide bonds. The Labute approximate surface area is 90.2 Å². The molecule has 1 atom stereocenters. The number of hydrogen-bond acceptors (Lipinski definition) is 3. The standard InChI is InChI=1S/C11H19NO3/c1-11(2,3)15-10(14)12-8-4-7(5-8)9(12)6-13/h7-9,13H,4-6H2,1-3H3/t7?,8?,9-/m1/s1. The predicted octanol–water partition coefficient (Wildman–Crippen LogP) is 1.38. The fourth-order valence-corrected chi connectivity index (χ4v) is 2.51. The Bertz CT molecular complexity index is 265. The fraction of sp³-hybridized carbons (Fsp3) is 0.909. The minimum Gasteiger partial charge on any atom is -0.444 e. The van der Waals surface area contributed by atoms with Crippen LogP contribution in [0, 0.1) is 5.92 Å². The maximum absolute atomic E-state index is 11.9. The molecule has 0 radical (unpaired) electrons. The molecule has 0 aromatic carbocycles. The van der Waals surface area contributed by atoms with Crippen molar-refractivity contribution in [3.05, 3.63) is 0 Å². The van der Waals surface area contributed by atoms with Crippen LogP contribution in [0.15, 0.2) is 0 Å². The Hall–Kier alpha value is -0.770. The van der Waals surface area contributed by atoms with Crippen LogP contribution in [0.5, 0.6) is 0 Å². The van der Waals surface area contributed by atoms with Gasteiger partial charge in [0.2, 0.25) is 0 Å². The predicted molar refractivity (Wildman–Crippen MR) is 55.5 cm³/mol. The summed E-state index contributed by atoms with van der Waals surface area (Å²) in [6.07, 6.45) is 1.79. The monoisotopic (exact) mass is 213 g/mol. The first-order chi connectivity index (χ1) is 6.92. The van der Waals surface area contributed by atoms with Crippen LogP contribution in [-0.2, 0) is 4.74 Å². The van der Waals surface area contributed by atoms with Crippen molar-refractivity contribution in [2.24, 2.45) is 5.92 Å². The van der Waals surface area contributed by atoms with Gasteiger partial charge < -0.3 is 9.84 Å². The van der Waals surface area contributed by atoms with Crippen molar-refractivity contribution < 1.29 is 14.6 Å². The second kappa shape index (κ2) is 3.37. The number of carbonyl (C=O) groups excluding carboxylic acids is 1. The van der Waals surface area contributed by atoms with Crippen molar-refractivity contribution >= 4 is 6.09 Å². The van der Waals surface area contributed by atoms with Gasteiger partial charge in [-0.3, -0.25) is 4.90 Å². The SMILES string of the molecule is CC(C)(C)OC(=O)N1C2CC(C2)[C@H]1CO. The van der Waals surface area contributed by atoms with Gasteiger partial charge in [-0.1, -0.05) is 0 Å². The Morgan fingerprint density at radius 1 is 1.47 bits per heavy atom. The van der Waals surface area contributed by atoms with Crippen LogP contribution in [0.25, 0.3) is 0 Å². The first-order valence-electron chi connectivity index (χ1n) is 5.54. The Kier molecular flexibility index (Phi) is 2.41. The summed E-state index contributed by atoms with van der Waals surface area (Å²) in [5.74, 6) is 0.493. The molecule has 0 spiro atoms. The van der Waals surface area contributed by atoms with Crippen LogP contribution in [0.2, 0.25) is 0 Å². The third-order valence-electron chi connectivity index (χ3n) is 3.24. The highest BCUT2D eigenvalue weighted by Gasteiger charge is 2.53. The Balaban J connectivity index is 2.01. The zero-order valence-corrected chi connectivity index (χ0v) is 9.56. The number of aliphatic hydroxyl groups is 1. The molecular formula is C11H19NO3. The number of nitrogens with zero attached hydrogens (tertiary/aromatic N) is 1. The van der Waals surface area contributed by atoms with Crippen molar-refractivity contribution in [3.8, 4) is 0 Å². The van der Waals surface area contributed by atoms with Gasteiger partial charge in [0.05, 0.1) is 12.6 Å². The van der Waals surface area contributed by atoms with E-state index in [9.17, 15) is 9.90 Å². The smallest absolute Gasteiger partial charge is 0.410 e. The molecule has 1 saturated carbocycles. The lowest BCUT2D eigenvalue weighted by Gasteiger charge is -2.29.